The van der Waals surface area contributed by atoms with Crippen LogP contribution < -0.4 is 4.31 Å². The normalized spacial score (nSPS) is 20.4. The Kier molecular flexibility index (Phi) is 4.99. The van der Waals surface area contributed by atoms with Gasteiger partial charge in [-0.15, -0.1) is 0 Å². The van der Waals surface area contributed by atoms with E-state index in [1.54, 1.807) is 34.1 Å². The van der Waals surface area contributed by atoms with Crippen LogP contribution >= 0.6 is 0 Å². The minimum Gasteiger partial charge on any atom is -0.339 e. The smallest absolute Gasteiger partial charge is 0.254 e. The maximum atomic E-state index is 12.7. The molecular weight excluding hydrogens is 342 g/mol. The third-order valence-electron chi connectivity index (χ3n) is 4.74. The number of sulfonamides is 1. The Hall–Kier alpha value is -2.09. The highest BCUT2D eigenvalue weighted by Crippen LogP contribution is 2.25. The molecule has 0 saturated carbocycles. The molecule has 0 aliphatic carbocycles. The lowest BCUT2D eigenvalue weighted by molar-refractivity contribution is -0.130. The number of nitrogens with zero attached hydrogens (tertiary/aromatic N) is 3. The van der Waals surface area contributed by atoms with Gasteiger partial charge in [-0.2, -0.15) is 0 Å². The summed E-state index contributed by atoms with van der Waals surface area (Å²) in [4.78, 5) is 27.5. The second kappa shape index (κ2) is 7.03. The fourth-order valence-corrected chi connectivity index (χ4v) is 4.91. The van der Waals surface area contributed by atoms with Crippen LogP contribution in [0.5, 0.6) is 0 Å². The summed E-state index contributed by atoms with van der Waals surface area (Å²) >= 11 is 0. The largest absolute Gasteiger partial charge is 0.339 e. The van der Waals surface area contributed by atoms with Gasteiger partial charge in [0.05, 0.1) is 11.4 Å². The van der Waals surface area contributed by atoms with Crippen molar-refractivity contribution in [1.29, 1.82) is 0 Å². The van der Waals surface area contributed by atoms with Crippen molar-refractivity contribution >= 4 is 27.5 Å². The van der Waals surface area contributed by atoms with Crippen LogP contribution in [0.1, 0.15) is 30.1 Å². The highest BCUT2D eigenvalue weighted by atomic mass is 32.2. The van der Waals surface area contributed by atoms with Gasteiger partial charge in [0.2, 0.25) is 15.9 Å². The molecule has 8 heteroatoms. The van der Waals surface area contributed by atoms with Crippen molar-refractivity contribution < 1.29 is 18.0 Å². The summed E-state index contributed by atoms with van der Waals surface area (Å²) in [6, 6.07) is 6.81. The Morgan fingerprint density at radius 1 is 0.960 bits per heavy atom. The minimum atomic E-state index is -3.30. The first-order valence-corrected chi connectivity index (χ1v) is 10.1. The first-order chi connectivity index (χ1) is 11.9. The van der Waals surface area contributed by atoms with Crippen LogP contribution in [-0.4, -0.2) is 68.5 Å². The van der Waals surface area contributed by atoms with E-state index in [4.69, 9.17) is 0 Å². The molecule has 3 rings (SSSR count). The number of piperazine rings is 1. The molecule has 2 saturated heterocycles. The molecule has 0 aromatic heterocycles. The van der Waals surface area contributed by atoms with E-state index in [0.717, 1.165) is 6.42 Å². The van der Waals surface area contributed by atoms with Gasteiger partial charge in [-0.05, 0) is 31.0 Å². The van der Waals surface area contributed by atoms with E-state index in [2.05, 4.69) is 0 Å². The van der Waals surface area contributed by atoms with Crippen LogP contribution in [-0.2, 0) is 14.8 Å². The number of anilines is 1. The monoisotopic (exact) mass is 365 g/mol. The first-order valence-electron chi connectivity index (χ1n) is 8.54. The van der Waals surface area contributed by atoms with Crippen molar-refractivity contribution in [2.75, 3.05) is 42.8 Å². The predicted octanol–water partition coefficient (Wildman–Crippen LogP) is 0.921. The van der Waals surface area contributed by atoms with Gasteiger partial charge in [-0.25, -0.2) is 8.42 Å². The van der Waals surface area contributed by atoms with Crippen LogP contribution in [0.3, 0.4) is 0 Å². The zero-order chi connectivity index (χ0) is 18.0. The van der Waals surface area contributed by atoms with Gasteiger partial charge in [-0.1, -0.05) is 6.07 Å². The third kappa shape index (κ3) is 3.78. The number of hydrogen-bond donors (Lipinski definition) is 0. The van der Waals surface area contributed by atoms with Crippen LogP contribution in [0, 0.1) is 0 Å². The molecule has 2 fully saturated rings. The van der Waals surface area contributed by atoms with Crippen LogP contribution in [0.25, 0.3) is 0 Å². The number of hydrogen-bond acceptors (Lipinski definition) is 4. The van der Waals surface area contributed by atoms with E-state index < -0.39 is 10.0 Å². The fraction of sp³-hybridized carbons (Fsp3) is 0.529. The molecule has 0 N–H and O–H groups in total. The summed E-state index contributed by atoms with van der Waals surface area (Å²) in [5.41, 5.74) is 1.03. The van der Waals surface area contributed by atoms with Gasteiger partial charge in [0.25, 0.3) is 5.91 Å². The van der Waals surface area contributed by atoms with E-state index in [1.807, 2.05) is 0 Å². The predicted molar refractivity (Wildman–Crippen MR) is 95.0 cm³/mol. The van der Waals surface area contributed by atoms with Crippen molar-refractivity contribution in [2.45, 2.75) is 19.8 Å². The van der Waals surface area contributed by atoms with Crippen molar-refractivity contribution in [3.63, 3.8) is 0 Å². The van der Waals surface area contributed by atoms with Crippen molar-refractivity contribution in [3.8, 4) is 0 Å². The Morgan fingerprint density at radius 2 is 1.64 bits per heavy atom. The van der Waals surface area contributed by atoms with Crippen LogP contribution in [0.2, 0.25) is 0 Å². The SMILES string of the molecule is CC(=O)N1CCN(C(=O)c2cccc(N3CCCCS3(=O)=O)c2)CC1. The van der Waals surface area contributed by atoms with Gasteiger partial charge in [-0.3, -0.25) is 13.9 Å². The first kappa shape index (κ1) is 17.7. The maximum absolute atomic E-state index is 12.7. The third-order valence-corrected chi connectivity index (χ3v) is 6.61. The molecule has 1 aromatic carbocycles. The van der Waals surface area contributed by atoms with Gasteiger partial charge in [0, 0.05) is 45.2 Å². The van der Waals surface area contributed by atoms with E-state index in [9.17, 15) is 18.0 Å². The lowest BCUT2D eigenvalue weighted by atomic mass is 10.1. The lowest BCUT2D eigenvalue weighted by Crippen LogP contribution is -2.50. The summed E-state index contributed by atoms with van der Waals surface area (Å²) in [5, 5.41) is 0. The summed E-state index contributed by atoms with van der Waals surface area (Å²) in [5.74, 6) is 0.0434. The van der Waals surface area contributed by atoms with Gasteiger partial charge in [0.15, 0.2) is 0 Å². The quantitative estimate of drug-likeness (QED) is 0.781. The Balaban J connectivity index is 1.75. The molecule has 0 radical (unpaired) electrons. The molecule has 0 spiro atoms. The van der Waals surface area contributed by atoms with Crippen LogP contribution in [0.15, 0.2) is 24.3 Å². The molecule has 136 valence electrons. The zero-order valence-corrected chi connectivity index (χ0v) is 15.2. The Bertz CT molecular complexity index is 770. The van der Waals surface area contributed by atoms with Gasteiger partial charge >= 0.3 is 0 Å². The average Bonchev–Trinajstić information content (AvgIpc) is 2.61. The summed E-state index contributed by atoms with van der Waals surface area (Å²) < 4.78 is 25.9. The van der Waals surface area contributed by atoms with E-state index in [0.29, 0.717) is 50.4 Å². The highest BCUT2D eigenvalue weighted by Gasteiger charge is 2.27. The van der Waals surface area contributed by atoms with Gasteiger partial charge in [0.1, 0.15) is 0 Å². The number of amides is 2. The Morgan fingerprint density at radius 3 is 2.28 bits per heavy atom. The Labute approximate surface area is 148 Å². The molecule has 2 aliphatic rings. The second-order valence-corrected chi connectivity index (χ2v) is 8.46. The molecule has 0 atom stereocenters. The standard InChI is InChI=1S/C17H23N3O4S/c1-14(21)18-8-10-19(11-9-18)17(22)15-5-4-6-16(13-15)20-7-2-3-12-25(20,23)24/h4-6,13H,2-3,7-12H2,1H3. The fourth-order valence-electron chi connectivity index (χ4n) is 3.28. The maximum Gasteiger partial charge on any atom is 0.254 e. The average molecular weight is 365 g/mol. The van der Waals surface area contributed by atoms with Crippen LogP contribution in [0.4, 0.5) is 5.69 Å². The molecule has 7 nitrogen and oxygen atoms in total. The van der Waals surface area contributed by atoms with E-state index >= 15 is 0 Å². The summed E-state index contributed by atoms with van der Waals surface area (Å²) in [7, 11) is -3.30. The molecule has 2 aliphatic heterocycles. The lowest BCUT2D eigenvalue weighted by Gasteiger charge is -2.34. The number of benzene rings is 1. The summed E-state index contributed by atoms with van der Waals surface area (Å²) in [6.45, 7) is 4.02. The molecule has 0 unspecified atom stereocenters. The van der Waals surface area contributed by atoms with Crippen molar-refractivity contribution in [1.82, 2.24) is 9.80 Å². The van der Waals surface area contributed by atoms with E-state index in [-0.39, 0.29) is 17.6 Å². The summed E-state index contributed by atoms with van der Waals surface area (Å²) in [6.07, 6.45) is 1.50. The van der Waals surface area contributed by atoms with Crippen molar-refractivity contribution in [2.24, 2.45) is 0 Å². The molecular formula is C17H23N3O4S. The molecule has 2 amide bonds. The van der Waals surface area contributed by atoms with Crippen molar-refractivity contribution in [3.05, 3.63) is 29.8 Å². The molecule has 2 heterocycles. The topological polar surface area (TPSA) is 78.0 Å². The second-order valence-electron chi connectivity index (χ2n) is 6.44. The minimum absolute atomic E-state index is 0.0180. The van der Waals surface area contributed by atoms with E-state index in [1.165, 1.54) is 11.2 Å². The number of carbonyl (C=O) groups is 2. The number of carbonyl (C=O) groups excluding carboxylic acids is 2. The number of rotatable bonds is 2. The molecule has 1 aromatic rings. The molecule has 0 bridgehead atoms. The van der Waals surface area contributed by atoms with Gasteiger partial charge < -0.3 is 9.80 Å². The highest BCUT2D eigenvalue weighted by molar-refractivity contribution is 7.92. The molecule has 25 heavy (non-hydrogen) atoms. The zero-order valence-electron chi connectivity index (χ0n) is 14.3.